The van der Waals surface area contributed by atoms with Gasteiger partial charge < -0.3 is 9.47 Å². The molecule has 1 heterocycles. The van der Waals surface area contributed by atoms with Gasteiger partial charge in [0.1, 0.15) is 0 Å². The van der Waals surface area contributed by atoms with Gasteiger partial charge in [-0.1, -0.05) is 42.5 Å². The fourth-order valence-electron chi connectivity index (χ4n) is 3.22. The highest BCUT2D eigenvalue weighted by atomic mass is 16.6. The lowest BCUT2D eigenvalue weighted by atomic mass is 9.86. The van der Waals surface area contributed by atoms with Crippen LogP contribution < -0.4 is 0 Å². The Morgan fingerprint density at radius 3 is 2.13 bits per heavy atom. The van der Waals surface area contributed by atoms with Crippen LogP contribution in [0.4, 0.5) is 5.69 Å². The third-order valence-electron chi connectivity index (χ3n) is 4.54. The Morgan fingerprint density at radius 2 is 1.57 bits per heavy atom. The van der Waals surface area contributed by atoms with Crippen molar-refractivity contribution in [2.45, 2.75) is 19.4 Å². The van der Waals surface area contributed by atoms with Gasteiger partial charge in [0.2, 0.25) is 0 Å². The average Bonchev–Trinajstić information content (AvgIpc) is 3.17. The maximum absolute atomic E-state index is 13.0. The molecule has 0 spiro atoms. The summed E-state index contributed by atoms with van der Waals surface area (Å²) >= 11 is 0. The second-order valence-electron chi connectivity index (χ2n) is 6.38. The molecule has 0 N–H and O–H groups in total. The van der Waals surface area contributed by atoms with Gasteiger partial charge >= 0.3 is 11.9 Å². The van der Waals surface area contributed by atoms with Gasteiger partial charge in [0.15, 0.2) is 0 Å². The van der Waals surface area contributed by atoms with Crippen LogP contribution in [0.3, 0.4) is 0 Å². The first-order valence-electron chi connectivity index (χ1n) is 9.40. The van der Waals surface area contributed by atoms with E-state index in [1.807, 2.05) is 0 Å². The Morgan fingerprint density at radius 1 is 0.967 bits per heavy atom. The molecule has 0 aliphatic carbocycles. The van der Waals surface area contributed by atoms with E-state index in [2.05, 4.69) is 4.99 Å². The monoisotopic (exact) mass is 408 g/mol. The molecule has 0 amide bonds. The first kappa shape index (κ1) is 20.9. The molecule has 8 nitrogen and oxygen atoms in total. The summed E-state index contributed by atoms with van der Waals surface area (Å²) in [5.41, 5.74) is -0.654. The van der Waals surface area contributed by atoms with Crippen molar-refractivity contribution in [2.75, 3.05) is 13.2 Å². The summed E-state index contributed by atoms with van der Waals surface area (Å²) in [7, 11) is 0. The highest BCUT2D eigenvalue weighted by Gasteiger charge is 2.55. The summed E-state index contributed by atoms with van der Waals surface area (Å²) in [6.45, 7) is 3.35. The van der Waals surface area contributed by atoms with E-state index in [1.165, 1.54) is 18.2 Å². The van der Waals surface area contributed by atoms with Gasteiger partial charge in [-0.15, -0.1) is 0 Å². The molecule has 154 valence electrons. The molecular formula is C22H20N2O6. The zero-order chi connectivity index (χ0) is 21.7. The van der Waals surface area contributed by atoms with Crippen LogP contribution in [0.1, 0.15) is 25.0 Å². The molecule has 0 bridgehead atoms. The van der Waals surface area contributed by atoms with Gasteiger partial charge in [-0.3, -0.25) is 15.1 Å². The van der Waals surface area contributed by atoms with Gasteiger partial charge in [0.25, 0.3) is 11.2 Å². The van der Waals surface area contributed by atoms with Crippen LogP contribution in [0.25, 0.3) is 5.57 Å². The Bertz CT molecular complexity index is 1020. The van der Waals surface area contributed by atoms with E-state index < -0.39 is 22.4 Å². The van der Waals surface area contributed by atoms with Crippen LogP contribution in [0.2, 0.25) is 0 Å². The van der Waals surface area contributed by atoms with Crippen LogP contribution in [-0.4, -0.2) is 41.3 Å². The molecule has 8 heteroatoms. The first-order valence-corrected chi connectivity index (χ1v) is 9.40. The number of allylic oxidation sites excluding steroid dienone is 1. The van der Waals surface area contributed by atoms with E-state index in [-0.39, 0.29) is 24.6 Å². The van der Waals surface area contributed by atoms with Crippen molar-refractivity contribution >= 4 is 28.9 Å². The molecule has 2 aromatic carbocycles. The van der Waals surface area contributed by atoms with Crippen LogP contribution >= 0.6 is 0 Å². The van der Waals surface area contributed by atoms with Crippen molar-refractivity contribution in [3.05, 3.63) is 81.9 Å². The number of rotatable bonds is 7. The Balaban J connectivity index is 2.24. The normalized spacial score (nSPS) is 14.5. The van der Waals surface area contributed by atoms with E-state index in [0.29, 0.717) is 16.7 Å². The second-order valence-corrected chi connectivity index (χ2v) is 6.38. The average molecular weight is 408 g/mol. The molecule has 0 saturated heterocycles. The molecule has 1 aliphatic heterocycles. The summed E-state index contributed by atoms with van der Waals surface area (Å²) in [5.74, 6) is -1.72. The molecule has 0 unspecified atom stereocenters. The van der Waals surface area contributed by atoms with E-state index in [1.54, 1.807) is 56.3 Å². The van der Waals surface area contributed by atoms with Crippen LogP contribution in [0, 0.1) is 10.1 Å². The van der Waals surface area contributed by atoms with Gasteiger partial charge in [-0.05, 0) is 25.5 Å². The number of nitro groups is 1. The maximum Gasteiger partial charge on any atom is 0.350 e. The van der Waals surface area contributed by atoms with Crippen molar-refractivity contribution in [2.24, 2.45) is 4.99 Å². The molecule has 1 aliphatic rings. The second kappa shape index (κ2) is 8.69. The molecular weight excluding hydrogens is 388 g/mol. The number of hydrogen-bond acceptors (Lipinski definition) is 7. The number of hydrogen-bond donors (Lipinski definition) is 0. The van der Waals surface area contributed by atoms with Gasteiger partial charge in [-0.25, -0.2) is 9.59 Å². The Labute approximate surface area is 173 Å². The fourth-order valence-corrected chi connectivity index (χ4v) is 3.22. The molecule has 0 saturated carbocycles. The third kappa shape index (κ3) is 3.71. The van der Waals surface area contributed by atoms with Gasteiger partial charge in [0, 0.05) is 23.3 Å². The minimum Gasteiger partial charge on any atom is -0.463 e. The number of esters is 2. The smallest absolute Gasteiger partial charge is 0.350 e. The standard InChI is InChI=1S/C22H20N2O6/c1-3-29-20(25)22(21(26)30-4-2)18(15-9-6-5-7-10-15)14-19(23-22)16-11-8-12-17(13-16)24(27)28/h5-14H,3-4H2,1-2H3. The number of aliphatic imine (C=N–C) groups is 1. The van der Waals surface area contributed by atoms with Crippen LogP contribution in [0.15, 0.2) is 65.7 Å². The number of carbonyl (C=O) groups is 2. The van der Waals surface area contributed by atoms with E-state index in [9.17, 15) is 19.7 Å². The molecule has 0 radical (unpaired) electrons. The summed E-state index contributed by atoms with van der Waals surface area (Å²) < 4.78 is 10.4. The maximum atomic E-state index is 13.0. The molecule has 30 heavy (non-hydrogen) atoms. The SMILES string of the molecule is CCOC(=O)C1(C(=O)OCC)N=C(c2cccc([N+](=O)[O-])c2)C=C1c1ccccc1. The fraction of sp³-hybridized carbons (Fsp3) is 0.227. The molecule has 3 rings (SSSR count). The quantitative estimate of drug-likeness (QED) is 0.301. The number of nitrogens with zero attached hydrogens (tertiary/aromatic N) is 2. The van der Waals surface area contributed by atoms with E-state index in [0.717, 1.165) is 0 Å². The van der Waals surface area contributed by atoms with Crippen molar-refractivity contribution in [3.63, 3.8) is 0 Å². The highest BCUT2D eigenvalue weighted by molar-refractivity contribution is 6.28. The highest BCUT2D eigenvalue weighted by Crippen LogP contribution is 2.39. The van der Waals surface area contributed by atoms with Crippen molar-refractivity contribution in [1.82, 2.24) is 0 Å². The van der Waals surface area contributed by atoms with Crippen molar-refractivity contribution in [3.8, 4) is 0 Å². The third-order valence-corrected chi connectivity index (χ3v) is 4.54. The Hall–Kier alpha value is -3.81. The van der Waals surface area contributed by atoms with E-state index >= 15 is 0 Å². The topological polar surface area (TPSA) is 108 Å². The summed E-state index contributed by atoms with van der Waals surface area (Å²) in [6, 6.07) is 14.6. The molecule has 0 fully saturated rings. The predicted molar refractivity (Wildman–Crippen MR) is 110 cm³/mol. The van der Waals surface area contributed by atoms with Gasteiger partial charge in [-0.2, -0.15) is 0 Å². The van der Waals surface area contributed by atoms with Crippen molar-refractivity contribution < 1.29 is 24.0 Å². The minimum atomic E-state index is -2.05. The zero-order valence-corrected chi connectivity index (χ0v) is 16.5. The lowest BCUT2D eigenvalue weighted by Crippen LogP contribution is -2.47. The van der Waals surface area contributed by atoms with Crippen LogP contribution in [0.5, 0.6) is 0 Å². The predicted octanol–water partition coefficient (Wildman–Crippen LogP) is 3.35. The Kier molecular flexibility index (Phi) is 6.06. The first-order chi connectivity index (χ1) is 14.4. The van der Waals surface area contributed by atoms with Gasteiger partial charge in [0.05, 0.1) is 23.8 Å². The van der Waals surface area contributed by atoms with E-state index in [4.69, 9.17) is 9.47 Å². The van der Waals surface area contributed by atoms with Crippen molar-refractivity contribution in [1.29, 1.82) is 0 Å². The summed E-state index contributed by atoms with van der Waals surface area (Å²) in [6.07, 6.45) is 1.57. The number of carbonyl (C=O) groups excluding carboxylic acids is 2. The molecule has 0 atom stereocenters. The zero-order valence-electron chi connectivity index (χ0n) is 16.5. The summed E-state index contributed by atoms with van der Waals surface area (Å²) in [4.78, 5) is 41.2. The number of ether oxygens (including phenoxy) is 2. The van der Waals surface area contributed by atoms with Crippen LogP contribution in [-0.2, 0) is 19.1 Å². The number of nitro benzene ring substituents is 1. The minimum absolute atomic E-state index is 0.0454. The lowest BCUT2D eigenvalue weighted by Gasteiger charge is -2.25. The number of non-ortho nitro benzene ring substituents is 1. The molecule has 2 aromatic rings. The number of benzene rings is 2. The summed E-state index contributed by atoms with van der Waals surface area (Å²) in [5, 5.41) is 11.2. The largest absolute Gasteiger partial charge is 0.463 e. The molecule has 0 aromatic heterocycles. The lowest BCUT2D eigenvalue weighted by molar-refractivity contribution is -0.384.